The first-order valence-corrected chi connectivity index (χ1v) is 6.83. The number of hydrogen-bond acceptors (Lipinski definition) is 2. The van der Waals surface area contributed by atoms with Gasteiger partial charge in [-0.1, -0.05) is 6.07 Å². The van der Waals surface area contributed by atoms with Gasteiger partial charge >= 0.3 is 0 Å². The molecule has 3 nitrogen and oxygen atoms in total. The van der Waals surface area contributed by atoms with E-state index in [-0.39, 0.29) is 11.7 Å². The van der Waals surface area contributed by atoms with Gasteiger partial charge in [-0.2, -0.15) is 0 Å². The van der Waals surface area contributed by atoms with E-state index in [9.17, 15) is 4.39 Å². The highest BCUT2D eigenvalue weighted by Crippen LogP contribution is 2.20. The van der Waals surface area contributed by atoms with Crippen molar-refractivity contribution in [3.63, 3.8) is 0 Å². The minimum atomic E-state index is -0.291. The molecule has 0 radical (unpaired) electrons. The average Bonchev–Trinajstić information content (AvgIpc) is 2.78. The summed E-state index contributed by atoms with van der Waals surface area (Å²) < 4.78 is 15.3. The molecule has 2 aromatic heterocycles. The van der Waals surface area contributed by atoms with Crippen LogP contribution in [0.25, 0.3) is 11.0 Å². The van der Waals surface area contributed by atoms with E-state index in [2.05, 4.69) is 9.97 Å². The molecule has 2 heterocycles. The number of pyridine rings is 1. The molecule has 3 aromatic rings. The molecule has 1 aromatic carbocycles. The lowest BCUT2D eigenvalue weighted by Gasteiger charge is -2.08. The van der Waals surface area contributed by atoms with Crippen molar-refractivity contribution in [3.8, 4) is 0 Å². The molecule has 3 rings (SSSR count). The highest BCUT2D eigenvalue weighted by Gasteiger charge is 2.11. The number of hydrogen-bond donors (Lipinski definition) is 0. The third-order valence-corrected chi connectivity index (χ3v) is 3.46. The summed E-state index contributed by atoms with van der Waals surface area (Å²) >= 11 is 5.94. The molecule has 0 atom stereocenters. The van der Waals surface area contributed by atoms with Crippen LogP contribution in [0.2, 0.25) is 0 Å². The lowest BCUT2D eigenvalue weighted by Crippen LogP contribution is -2.04. The van der Waals surface area contributed by atoms with Crippen LogP contribution in [0.4, 0.5) is 4.39 Å². The highest BCUT2D eigenvalue weighted by molar-refractivity contribution is 6.16. The van der Waals surface area contributed by atoms with Gasteiger partial charge in [0, 0.05) is 18.0 Å². The quantitative estimate of drug-likeness (QED) is 0.689. The number of fused-ring (bicyclic) bond motifs is 1. The normalized spacial score (nSPS) is 11.2. The van der Waals surface area contributed by atoms with Gasteiger partial charge < -0.3 is 4.57 Å². The Labute approximate surface area is 121 Å². The van der Waals surface area contributed by atoms with E-state index in [1.54, 1.807) is 6.07 Å². The van der Waals surface area contributed by atoms with Gasteiger partial charge in [-0.25, -0.2) is 9.37 Å². The molecular formula is C15H13ClFN3. The maximum Gasteiger partial charge on any atom is 0.125 e. The first-order chi connectivity index (χ1) is 9.67. The summed E-state index contributed by atoms with van der Waals surface area (Å²) in [4.78, 5) is 8.66. The zero-order valence-corrected chi connectivity index (χ0v) is 11.7. The van der Waals surface area contributed by atoms with Crippen molar-refractivity contribution in [1.29, 1.82) is 0 Å². The van der Waals surface area contributed by atoms with Crippen LogP contribution in [0.5, 0.6) is 0 Å². The second kappa shape index (κ2) is 5.21. The van der Waals surface area contributed by atoms with Crippen LogP contribution in [0.3, 0.4) is 0 Å². The van der Waals surface area contributed by atoms with Gasteiger partial charge in [0.05, 0.1) is 23.5 Å². The minimum Gasteiger partial charge on any atom is -0.322 e. The second-order valence-electron chi connectivity index (χ2n) is 4.69. The molecule has 0 saturated carbocycles. The SMILES string of the molecule is Cc1ccc(Cn2c(CCl)nc3cc(F)ccc32)cn1. The molecule has 102 valence electrons. The highest BCUT2D eigenvalue weighted by atomic mass is 35.5. The van der Waals surface area contributed by atoms with Crippen molar-refractivity contribution in [2.24, 2.45) is 0 Å². The topological polar surface area (TPSA) is 30.7 Å². The molecular weight excluding hydrogens is 277 g/mol. The Morgan fingerprint density at radius 1 is 1.25 bits per heavy atom. The molecule has 0 N–H and O–H groups in total. The standard InChI is InChI=1S/C15H13ClFN3/c1-10-2-3-11(8-18-10)9-20-14-5-4-12(17)6-13(14)19-15(20)7-16/h2-6,8H,7,9H2,1H3. The van der Waals surface area contributed by atoms with E-state index < -0.39 is 0 Å². The fraction of sp³-hybridized carbons (Fsp3) is 0.200. The van der Waals surface area contributed by atoms with Crippen LogP contribution in [0.15, 0.2) is 36.5 Å². The molecule has 0 fully saturated rings. The van der Waals surface area contributed by atoms with E-state index >= 15 is 0 Å². The first kappa shape index (κ1) is 13.1. The maximum atomic E-state index is 13.3. The van der Waals surface area contributed by atoms with Crippen molar-refractivity contribution in [2.45, 2.75) is 19.3 Å². The number of rotatable bonds is 3. The number of benzene rings is 1. The van der Waals surface area contributed by atoms with E-state index in [4.69, 9.17) is 11.6 Å². The average molecular weight is 290 g/mol. The number of aryl methyl sites for hydroxylation is 1. The Kier molecular flexibility index (Phi) is 3.40. The fourth-order valence-electron chi connectivity index (χ4n) is 2.21. The van der Waals surface area contributed by atoms with Crippen LogP contribution >= 0.6 is 11.6 Å². The van der Waals surface area contributed by atoms with Gasteiger partial charge in [0.1, 0.15) is 11.6 Å². The van der Waals surface area contributed by atoms with Crippen molar-refractivity contribution >= 4 is 22.6 Å². The Morgan fingerprint density at radius 2 is 2.10 bits per heavy atom. The summed E-state index contributed by atoms with van der Waals surface area (Å²) in [6, 6.07) is 8.58. The summed E-state index contributed by atoms with van der Waals surface area (Å²) in [7, 11) is 0. The van der Waals surface area contributed by atoms with Gasteiger partial charge in [0.2, 0.25) is 0 Å². The van der Waals surface area contributed by atoms with E-state index in [0.29, 0.717) is 12.1 Å². The lowest BCUT2D eigenvalue weighted by molar-refractivity contribution is 0.629. The maximum absolute atomic E-state index is 13.3. The largest absolute Gasteiger partial charge is 0.322 e. The minimum absolute atomic E-state index is 0.287. The van der Waals surface area contributed by atoms with Gasteiger partial charge in [0.15, 0.2) is 0 Å². The van der Waals surface area contributed by atoms with Crippen LogP contribution < -0.4 is 0 Å². The predicted octanol–water partition coefficient (Wildman–Crippen LogP) is 3.67. The third kappa shape index (κ3) is 2.39. The second-order valence-corrected chi connectivity index (χ2v) is 4.96. The first-order valence-electron chi connectivity index (χ1n) is 6.29. The predicted molar refractivity (Wildman–Crippen MR) is 77.3 cm³/mol. The van der Waals surface area contributed by atoms with E-state index in [0.717, 1.165) is 22.6 Å². The number of nitrogens with zero attached hydrogens (tertiary/aromatic N) is 3. The van der Waals surface area contributed by atoms with Gasteiger partial charge in [0.25, 0.3) is 0 Å². The van der Waals surface area contributed by atoms with Crippen LogP contribution in [0, 0.1) is 12.7 Å². The molecule has 0 unspecified atom stereocenters. The third-order valence-electron chi connectivity index (χ3n) is 3.22. The molecule has 20 heavy (non-hydrogen) atoms. The summed E-state index contributed by atoms with van der Waals surface area (Å²) in [5, 5.41) is 0. The van der Waals surface area contributed by atoms with Crippen molar-refractivity contribution in [1.82, 2.24) is 14.5 Å². The lowest BCUT2D eigenvalue weighted by atomic mass is 10.2. The number of alkyl halides is 1. The van der Waals surface area contributed by atoms with Gasteiger partial charge in [-0.05, 0) is 30.7 Å². The van der Waals surface area contributed by atoms with Gasteiger partial charge in [-0.15, -0.1) is 11.6 Å². The molecule has 0 amide bonds. The summed E-state index contributed by atoms with van der Waals surface area (Å²) in [6.07, 6.45) is 1.84. The van der Waals surface area contributed by atoms with Crippen molar-refractivity contribution in [2.75, 3.05) is 0 Å². The smallest absolute Gasteiger partial charge is 0.125 e. The monoisotopic (exact) mass is 289 g/mol. The molecule has 0 saturated heterocycles. The van der Waals surface area contributed by atoms with Crippen molar-refractivity contribution in [3.05, 3.63) is 59.4 Å². The summed E-state index contributed by atoms with van der Waals surface area (Å²) in [6.45, 7) is 2.57. The van der Waals surface area contributed by atoms with Crippen LogP contribution in [-0.2, 0) is 12.4 Å². The summed E-state index contributed by atoms with van der Waals surface area (Å²) in [5.41, 5.74) is 3.54. The summed E-state index contributed by atoms with van der Waals surface area (Å²) in [5.74, 6) is 0.725. The van der Waals surface area contributed by atoms with Gasteiger partial charge in [-0.3, -0.25) is 4.98 Å². The Morgan fingerprint density at radius 3 is 2.80 bits per heavy atom. The molecule has 0 aliphatic heterocycles. The zero-order chi connectivity index (χ0) is 14.1. The number of halogens is 2. The Bertz CT molecular complexity index is 750. The van der Waals surface area contributed by atoms with Crippen LogP contribution in [-0.4, -0.2) is 14.5 Å². The van der Waals surface area contributed by atoms with Crippen molar-refractivity contribution < 1.29 is 4.39 Å². The van der Waals surface area contributed by atoms with E-state index in [1.165, 1.54) is 12.1 Å². The Hall–Kier alpha value is -1.94. The number of aromatic nitrogens is 3. The Balaban J connectivity index is 2.07. The van der Waals surface area contributed by atoms with Crippen LogP contribution in [0.1, 0.15) is 17.1 Å². The molecule has 0 aliphatic carbocycles. The fourth-order valence-corrected chi connectivity index (χ4v) is 2.41. The molecule has 0 bridgehead atoms. The molecule has 5 heteroatoms. The molecule has 0 spiro atoms. The number of imidazole rings is 1. The molecule has 0 aliphatic rings. The zero-order valence-electron chi connectivity index (χ0n) is 11.0. The van der Waals surface area contributed by atoms with E-state index in [1.807, 2.05) is 29.8 Å².